The maximum atomic E-state index is 13.8. The Morgan fingerprint density at radius 3 is 2.70 bits per heavy atom. The summed E-state index contributed by atoms with van der Waals surface area (Å²) in [5.74, 6) is 0.0873. The van der Waals surface area contributed by atoms with Crippen molar-refractivity contribution in [1.29, 1.82) is 0 Å². The summed E-state index contributed by atoms with van der Waals surface area (Å²) in [6.45, 7) is 3.92. The van der Waals surface area contributed by atoms with Crippen LogP contribution in [0.25, 0.3) is 10.6 Å². The molecule has 4 rings (SSSR count). The highest BCUT2D eigenvalue weighted by atomic mass is 32.1. The molecule has 9 nitrogen and oxygen atoms in total. The van der Waals surface area contributed by atoms with Crippen LogP contribution in [0.5, 0.6) is 11.5 Å². The van der Waals surface area contributed by atoms with Gasteiger partial charge >= 0.3 is 6.03 Å². The molecule has 0 saturated carbocycles. The molecule has 2 aromatic carbocycles. The first-order valence-corrected chi connectivity index (χ1v) is 11.1. The second-order valence-corrected chi connectivity index (χ2v) is 8.39. The Labute approximate surface area is 193 Å². The number of fused-ring (bicyclic) bond motifs is 1. The number of nitrogens with zero attached hydrogens (tertiary/aromatic N) is 2. The fraction of sp³-hybridized carbons (Fsp3) is 0.273. The highest BCUT2D eigenvalue weighted by Crippen LogP contribution is 2.37. The van der Waals surface area contributed by atoms with E-state index in [-0.39, 0.29) is 23.5 Å². The van der Waals surface area contributed by atoms with Crippen molar-refractivity contribution in [3.05, 3.63) is 48.3 Å². The average Bonchev–Trinajstić information content (AvgIpc) is 3.47. The monoisotopic (exact) mass is 471 g/mol. The van der Waals surface area contributed by atoms with Crippen LogP contribution < -0.4 is 25.4 Å². The molecule has 1 aliphatic heterocycles. The highest BCUT2D eigenvalue weighted by Gasteiger charge is 2.27. The Bertz CT molecular complexity index is 1170. The summed E-state index contributed by atoms with van der Waals surface area (Å²) in [5, 5.41) is 16.8. The number of urea groups is 1. The number of carbonyl (C=O) groups excluding carboxylic acids is 2. The van der Waals surface area contributed by atoms with Gasteiger partial charge in [0.1, 0.15) is 16.9 Å². The van der Waals surface area contributed by atoms with Crippen molar-refractivity contribution in [1.82, 2.24) is 15.5 Å². The van der Waals surface area contributed by atoms with Gasteiger partial charge in [-0.1, -0.05) is 43.7 Å². The number of aromatic nitrogens is 2. The van der Waals surface area contributed by atoms with E-state index in [1.54, 1.807) is 18.2 Å². The molecular formula is C22H22FN5O4S. The van der Waals surface area contributed by atoms with Crippen molar-refractivity contribution >= 4 is 34.1 Å². The van der Waals surface area contributed by atoms with Crippen LogP contribution in [0.2, 0.25) is 0 Å². The standard InChI is InChI=1S/C22H22FN5O4S/c1-3-12(2)18(25-21(30)24-15-7-5-4-6-14(15)23)19(29)26-22-28-27-20(33-22)13-8-9-16-17(10-13)32-11-31-16/h4-10,12,18H,3,11H2,1-2H3,(H2,24,25,30)(H,26,28,29). The zero-order valence-electron chi connectivity index (χ0n) is 17.9. The summed E-state index contributed by atoms with van der Waals surface area (Å²) in [6, 6.07) is 9.67. The molecule has 0 radical (unpaired) electrons. The van der Waals surface area contributed by atoms with Crippen LogP contribution in [0.3, 0.4) is 0 Å². The van der Waals surface area contributed by atoms with Crippen LogP contribution in [-0.2, 0) is 4.79 Å². The lowest BCUT2D eigenvalue weighted by Crippen LogP contribution is -2.49. The van der Waals surface area contributed by atoms with Crippen molar-refractivity contribution in [2.75, 3.05) is 17.4 Å². The van der Waals surface area contributed by atoms with Crippen molar-refractivity contribution in [3.8, 4) is 22.1 Å². The van der Waals surface area contributed by atoms with Gasteiger partial charge in [-0.05, 0) is 36.2 Å². The van der Waals surface area contributed by atoms with E-state index in [0.29, 0.717) is 22.9 Å². The number of halogens is 1. The Kier molecular flexibility index (Phi) is 6.68. The average molecular weight is 472 g/mol. The van der Waals surface area contributed by atoms with Gasteiger partial charge in [-0.15, -0.1) is 10.2 Å². The van der Waals surface area contributed by atoms with E-state index in [1.807, 2.05) is 19.9 Å². The Morgan fingerprint density at radius 2 is 1.91 bits per heavy atom. The van der Waals surface area contributed by atoms with Crippen molar-refractivity contribution in [2.45, 2.75) is 26.3 Å². The number of carbonyl (C=O) groups is 2. The largest absolute Gasteiger partial charge is 0.454 e. The molecule has 3 N–H and O–H groups in total. The summed E-state index contributed by atoms with van der Waals surface area (Å²) in [5.41, 5.74) is 0.800. The summed E-state index contributed by atoms with van der Waals surface area (Å²) in [6.07, 6.45) is 0.636. The minimum atomic E-state index is -0.861. The van der Waals surface area contributed by atoms with Crippen molar-refractivity contribution < 1.29 is 23.5 Å². The number of anilines is 2. The molecule has 3 amide bonds. The van der Waals surface area contributed by atoms with Crippen LogP contribution >= 0.6 is 11.3 Å². The molecule has 0 saturated heterocycles. The lowest BCUT2D eigenvalue weighted by atomic mass is 9.98. The van der Waals surface area contributed by atoms with Gasteiger partial charge in [0.05, 0.1) is 5.69 Å². The van der Waals surface area contributed by atoms with Gasteiger partial charge in [0, 0.05) is 5.56 Å². The molecule has 2 unspecified atom stereocenters. The number of ether oxygens (including phenoxy) is 2. The molecule has 0 spiro atoms. The van der Waals surface area contributed by atoms with Gasteiger partial charge in [-0.3, -0.25) is 10.1 Å². The molecule has 2 atom stereocenters. The smallest absolute Gasteiger partial charge is 0.319 e. The van der Waals surface area contributed by atoms with E-state index in [4.69, 9.17) is 9.47 Å². The fourth-order valence-corrected chi connectivity index (χ4v) is 3.91. The number of para-hydroxylation sites is 1. The Morgan fingerprint density at radius 1 is 1.12 bits per heavy atom. The number of hydrogen-bond donors (Lipinski definition) is 3. The molecule has 1 aliphatic rings. The molecule has 1 aromatic heterocycles. The second kappa shape index (κ2) is 9.82. The highest BCUT2D eigenvalue weighted by molar-refractivity contribution is 7.18. The first-order valence-electron chi connectivity index (χ1n) is 10.3. The quantitative estimate of drug-likeness (QED) is 0.475. The molecule has 0 bridgehead atoms. The summed E-state index contributed by atoms with van der Waals surface area (Å²) >= 11 is 1.19. The SMILES string of the molecule is CCC(C)C(NC(=O)Nc1ccccc1F)C(=O)Nc1nnc(-c2ccc3c(c2)OCO3)s1. The maximum absolute atomic E-state index is 13.8. The molecule has 11 heteroatoms. The van der Waals surface area contributed by atoms with Crippen LogP contribution in [0.4, 0.5) is 20.0 Å². The topological polar surface area (TPSA) is 114 Å². The molecule has 3 aromatic rings. The van der Waals surface area contributed by atoms with E-state index in [9.17, 15) is 14.0 Å². The summed E-state index contributed by atoms with van der Waals surface area (Å²) < 4.78 is 24.5. The molecule has 2 heterocycles. The number of amides is 3. The normalized spacial score (nSPS) is 13.8. The van der Waals surface area contributed by atoms with E-state index in [2.05, 4.69) is 26.1 Å². The van der Waals surface area contributed by atoms with Crippen molar-refractivity contribution in [3.63, 3.8) is 0 Å². The van der Waals surface area contributed by atoms with E-state index in [0.717, 1.165) is 5.56 Å². The van der Waals surface area contributed by atoms with Crippen LogP contribution in [0, 0.1) is 11.7 Å². The van der Waals surface area contributed by atoms with E-state index in [1.165, 1.54) is 29.5 Å². The lowest BCUT2D eigenvalue weighted by Gasteiger charge is -2.23. The van der Waals surface area contributed by atoms with Crippen LogP contribution in [0.15, 0.2) is 42.5 Å². The maximum Gasteiger partial charge on any atom is 0.319 e. The Hall–Kier alpha value is -3.73. The lowest BCUT2D eigenvalue weighted by molar-refractivity contribution is -0.119. The predicted octanol–water partition coefficient (Wildman–Crippen LogP) is 4.25. The number of benzene rings is 2. The number of nitrogens with one attached hydrogen (secondary N) is 3. The zero-order valence-corrected chi connectivity index (χ0v) is 18.7. The minimum absolute atomic E-state index is 0.0239. The number of rotatable bonds is 7. The molecular weight excluding hydrogens is 449 g/mol. The van der Waals surface area contributed by atoms with Crippen molar-refractivity contribution in [2.24, 2.45) is 5.92 Å². The van der Waals surface area contributed by atoms with Gasteiger partial charge in [-0.25, -0.2) is 9.18 Å². The third-order valence-corrected chi connectivity index (χ3v) is 6.07. The minimum Gasteiger partial charge on any atom is -0.454 e. The van der Waals surface area contributed by atoms with Gasteiger partial charge < -0.3 is 20.1 Å². The fourth-order valence-electron chi connectivity index (χ4n) is 3.17. The first-order chi connectivity index (χ1) is 15.9. The van der Waals surface area contributed by atoms with E-state index >= 15 is 0 Å². The van der Waals surface area contributed by atoms with Gasteiger partial charge in [0.25, 0.3) is 0 Å². The molecule has 0 fully saturated rings. The van der Waals surface area contributed by atoms with Crippen LogP contribution in [0.1, 0.15) is 20.3 Å². The zero-order chi connectivity index (χ0) is 23.4. The third kappa shape index (κ3) is 5.20. The second-order valence-electron chi connectivity index (χ2n) is 7.41. The Balaban J connectivity index is 1.43. The van der Waals surface area contributed by atoms with E-state index < -0.39 is 23.8 Å². The van der Waals surface area contributed by atoms with Gasteiger partial charge in [0.15, 0.2) is 11.5 Å². The predicted molar refractivity (Wildman–Crippen MR) is 122 cm³/mol. The van der Waals surface area contributed by atoms with Gasteiger partial charge in [-0.2, -0.15) is 0 Å². The summed E-state index contributed by atoms with van der Waals surface area (Å²) in [7, 11) is 0. The molecule has 33 heavy (non-hydrogen) atoms. The number of hydrogen-bond acceptors (Lipinski definition) is 7. The third-order valence-electron chi connectivity index (χ3n) is 5.18. The summed E-state index contributed by atoms with van der Waals surface area (Å²) in [4.78, 5) is 25.4. The molecule has 0 aliphatic carbocycles. The van der Waals surface area contributed by atoms with Gasteiger partial charge in [0.2, 0.25) is 17.8 Å². The van der Waals surface area contributed by atoms with Crippen LogP contribution in [-0.4, -0.2) is 35.0 Å². The first kappa shape index (κ1) is 22.5. The molecule has 172 valence electrons.